The second kappa shape index (κ2) is 13.7. The van der Waals surface area contributed by atoms with Crippen LogP contribution in [0, 0.1) is 11.8 Å². The van der Waals surface area contributed by atoms with E-state index in [9.17, 15) is 15.0 Å². The lowest BCUT2D eigenvalue weighted by Crippen LogP contribution is -2.19. The molecule has 5 unspecified atom stereocenters. The fourth-order valence-corrected chi connectivity index (χ4v) is 6.44. The van der Waals surface area contributed by atoms with E-state index in [-0.39, 0.29) is 23.2 Å². The summed E-state index contributed by atoms with van der Waals surface area (Å²) in [4.78, 5) is 11.2. The number of aliphatic hydroxyl groups excluding tert-OH is 2. The van der Waals surface area contributed by atoms with Crippen molar-refractivity contribution in [2.24, 2.45) is 11.8 Å². The van der Waals surface area contributed by atoms with Gasteiger partial charge in [-0.15, -0.1) is 11.6 Å². The van der Waals surface area contributed by atoms with Gasteiger partial charge in [0.2, 0.25) is 0 Å². The largest absolute Gasteiger partial charge is 0.469 e. The molecule has 2 N–H and O–H groups in total. The van der Waals surface area contributed by atoms with Gasteiger partial charge in [0.15, 0.2) is 0 Å². The Bertz CT molecular complexity index is 700. The second-order valence-electron chi connectivity index (χ2n) is 10.3. The molecule has 2 fully saturated rings. The summed E-state index contributed by atoms with van der Waals surface area (Å²) < 4.78 is 4.69. The molecule has 2 saturated carbocycles. The summed E-state index contributed by atoms with van der Waals surface area (Å²) in [7, 11) is 1.43. The third kappa shape index (κ3) is 7.97. The first-order valence-corrected chi connectivity index (χ1v) is 13.6. The molecule has 2 aliphatic rings. The van der Waals surface area contributed by atoms with E-state index in [0.717, 1.165) is 62.0 Å². The average molecular weight is 479 g/mol. The first kappa shape index (κ1) is 26.5. The van der Waals surface area contributed by atoms with E-state index >= 15 is 0 Å². The molecule has 1 aromatic rings. The van der Waals surface area contributed by atoms with Crippen molar-refractivity contribution >= 4 is 17.6 Å². The Morgan fingerprint density at radius 3 is 2.45 bits per heavy atom. The number of carbonyl (C=O) groups is 1. The van der Waals surface area contributed by atoms with Crippen LogP contribution in [0.25, 0.3) is 0 Å². The minimum absolute atomic E-state index is 0.0131. The maximum Gasteiger partial charge on any atom is 0.305 e. The molecule has 0 aliphatic heterocycles. The molecule has 5 atom stereocenters. The zero-order valence-corrected chi connectivity index (χ0v) is 21.0. The molecule has 0 saturated heterocycles. The molecule has 0 spiro atoms. The van der Waals surface area contributed by atoms with Crippen LogP contribution in [0.1, 0.15) is 113 Å². The smallest absolute Gasteiger partial charge is 0.305 e. The molecule has 0 radical (unpaired) electrons. The van der Waals surface area contributed by atoms with Crippen LogP contribution in [0.5, 0.6) is 0 Å². The fraction of sp³-hybridized carbons (Fsp3) is 0.750. The van der Waals surface area contributed by atoms with E-state index in [0.29, 0.717) is 12.8 Å². The van der Waals surface area contributed by atoms with Gasteiger partial charge in [-0.2, -0.15) is 0 Å². The number of unbranched alkanes of at least 4 members (excludes halogenated alkanes) is 3. The molecule has 186 valence electrons. The lowest BCUT2D eigenvalue weighted by molar-refractivity contribution is -0.140. The maximum absolute atomic E-state index is 11.2. The Morgan fingerprint density at radius 1 is 1.06 bits per heavy atom. The van der Waals surface area contributed by atoms with Gasteiger partial charge in [0, 0.05) is 17.7 Å². The minimum atomic E-state index is -0.418. The van der Waals surface area contributed by atoms with E-state index in [4.69, 9.17) is 16.3 Å². The summed E-state index contributed by atoms with van der Waals surface area (Å²) in [6, 6.07) is 8.26. The number of methoxy groups -OCH3 is 1. The van der Waals surface area contributed by atoms with Crippen LogP contribution in [-0.2, 0) is 9.53 Å². The van der Waals surface area contributed by atoms with E-state index in [1.807, 2.05) is 12.1 Å². The van der Waals surface area contributed by atoms with Crippen molar-refractivity contribution in [1.82, 2.24) is 0 Å². The van der Waals surface area contributed by atoms with Crippen LogP contribution in [0.15, 0.2) is 24.3 Å². The lowest BCUT2D eigenvalue weighted by atomic mass is 9.83. The molecular weight excluding hydrogens is 436 g/mol. The first-order chi connectivity index (χ1) is 16.0. The van der Waals surface area contributed by atoms with Gasteiger partial charge in [-0.05, 0) is 55.1 Å². The number of aliphatic hydroxyl groups is 2. The predicted molar refractivity (Wildman–Crippen MR) is 133 cm³/mol. The van der Waals surface area contributed by atoms with Gasteiger partial charge >= 0.3 is 5.97 Å². The van der Waals surface area contributed by atoms with Gasteiger partial charge in [-0.3, -0.25) is 4.79 Å². The topological polar surface area (TPSA) is 66.8 Å². The molecule has 0 amide bonds. The highest BCUT2D eigenvalue weighted by molar-refractivity contribution is 6.21. The van der Waals surface area contributed by atoms with E-state index in [1.54, 1.807) is 0 Å². The van der Waals surface area contributed by atoms with Crippen molar-refractivity contribution in [1.29, 1.82) is 0 Å². The van der Waals surface area contributed by atoms with Gasteiger partial charge in [0.25, 0.3) is 0 Å². The first-order valence-electron chi connectivity index (χ1n) is 13.2. The van der Waals surface area contributed by atoms with Crippen molar-refractivity contribution in [3.8, 4) is 0 Å². The highest BCUT2D eigenvalue weighted by Gasteiger charge is 2.41. The predicted octanol–water partition coefficient (Wildman–Crippen LogP) is 6.67. The summed E-state index contributed by atoms with van der Waals surface area (Å²) in [5.74, 6) is 0.945. The van der Waals surface area contributed by atoms with Crippen LogP contribution in [0.4, 0.5) is 0 Å². The summed E-state index contributed by atoms with van der Waals surface area (Å²) in [6.07, 6.45) is 13.9. The molecule has 2 aliphatic carbocycles. The Hall–Kier alpha value is -1.10. The van der Waals surface area contributed by atoms with Crippen molar-refractivity contribution < 1.29 is 19.7 Å². The third-order valence-corrected chi connectivity index (χ3v) is 8.48. The molecule has 0 heterocycles. The van der Waals surface area contributed by atoms with Crippen molar-refractivity contribution in [3.05, 3.63) is 35.4 Å². The van der Waals surface area contributed by atoms with Gasteiger partial charge in [-0.25, -0.2) is 0 Å². The molecule has 1 aromatic carbocycles. The Kier molecular flexibility index (Phi) is 11.0. The molecule has 0 bridgehead atoms. The molecule has 3 rings (SSSR count). The minimum Gasteiger partial charge on any atom is -0.469 e. The number of rotatable bonds is 12. The van der Waals surface area contributed by atoms with E-state index in [1.165, 1.54) is 39.2 Å². The van der Waals surface area contributed by atoms with Crippen molar-refractivity contribution in [2.75, 3.05) is 7.11 Å². The molecule has 33 heavy (non-hydrogen) atoms. The van der Waals surface area contributed by atoms with Gasteiger partial charge in [0.1, 0.15) is 0 Å². The van der Waals surface area contributed by atoms with Gasteiger partial charge in [0.05, 0.1) is 19.3 Å². The number of hydrogen-bond donors (Lipinski definition) is 2. The molecule has 4 nitrogen and oxygen atoms in total. The molecule has 5 heteroatoms. The fourth-order valence-electron chi connectivity index (χ4n) is 5.97. The number of carbonyl (C=O) groups excluding carboxylic acids is 1. The van der Waals surface area contributed by atoms with E-state index < -0.39 is 12.2 Å². The van der Waals surface area contributed by atoms with Gasteiger partial charge < -0.3 is 14.9 Å². The van der Waals surface area contributed by atoms with Crippen LogP contribution in [0.2, 0.25) is 0 Å². The second-order valence-corrected chi connectivity index (χ2v) is 10.9. The lowest BCUT2D eigenvalue weighted by Gasteiger charge is -2.25. The number of alkyl halides is 1. The Morgan fingerprint density at radius 2 is 1.76 bits per heavy atom. The summed E-state index contributed by atoms with van der Waals surface area (Å²) >= 11 is 6.65. The van der Waals surface area contributed by atoms with Crippen molar-refractivity contribution in [2.45, 2.75) is 113 Å². The SMILES string of the molecule is COC(=O)CCCCCCC1C(Cl)CC(O)C1c1ccc(C(O)CCC2CCCCC2)cc1. The van der Waals surface area contributed by atoms with Crippen LogP contribution < -0.4 is 0 Å². The molecule has 0 aromatic heterocycles. The van der Waals surface area contributed by atoms with E-state index in [2.05, 4.69) is 12.1 Å². The Balaban J connectivity index is 1.49. The standard InChI is InChI=1S/C28H43ClO4/c1-33-27(32)12-8-3-2-7-11-23-24(29)19-26(31)28(23)22-16-14-21(15-17-22)25(30)18-13-20-9-5-4-6-10-20/h14-17,20,23-26,28,30-31H,2-13,18-19H2,1H3. The summed E-state index contributed by atoms with van der Waals surface area (Å²) in [5.41, 5.74) is 2.11. The highest BCUT2D eigenvalue weighted by atomic mass is 35.5. The van der Waals surface area contributed by atoms with Crippen LogP contribution in [0.3, 0.4) is 0 Å². The summed E-state index contributed by atoms with van der Waals surface area (Å²) in [6.45, 7) is 0. The van der Waals surface area contributed by atoms with Crippen LogP contribution >= 0.6 is 11.6 Å². The quantitative estimate of drug-likeness (QED) is 0.200. The number of benzene rings is 1. The Labute approximate surface area is 205 Å². The zero-order valence-electron chi connectivity index (χ0n) is 20.3. The number of ether oxygens (including phenoxy) is 1. The third-order valence-electron chi connectivity index (χ3n) is 7.98. The number of halogens is 1. The number of hydrogen-bond acceptors (Lipinski definition) is 4. The average Bonchev–Trinajstić information content (AvgIpc) is 3.12. The monoisotopic (exact) mass is 478 g/mol. The van der Waals surface area contributed by atoms with Gasteiger partial charge in [-0.1, -0.05) is 75.6 Å². The van der Waals surface area contributed by atoms with Crippen LogP contribution in [-0.4, -0.2) is 34.8 Å². The highest BCUT2D eigenvalue weighted by Crippen LogP contribution is 2.45. The normalized spacial score (nSPS) is 26.9. The maximum atomic E-state index is 11.2. The summed E-state index contributed by atoms with van der Waals surface area (Å²) in [5, 5.41) is 21.4. The van der Waals surface area contributed by atoms with Crippen molar-refractivity contribution in [3.63, 3.8) is 0 Å². The zero-order chi connectivity index (χ0) is 23.6. The molecular formula is C28H43ClO4. The number of esters is 1.